The molecule has 2 N–H and O–H groups in total. The van der Waals surface area contributed by atoms with E-state index in [2.05, 4.69) is 25.6 Å². The van der Waals surface area contributed by atoms with Crippen LogP contribution >= 0.6 is 0 Å². The molecule has 0 aromatic carbocycles. The van der Waals surface area contributed by atoms with Crippen LogP contribution in [-0.2, 0) is 0 Å². The number of aromatic nitrogens is 3. The van der Waals surface area contributed by atoms with E-state index in [1.54, 1.807) is 26.0 Å². The van der Waals surface area contributed by atoms with Crippen LogP contribution in [0.1, 0.15) is 19.3 Å². The summed E-state index contributed by atoms with van der Waals surface area (Å²) in [7, 11) is 5.27. The van der Waals surface area contributed by atoms with Crippen molar-refractivity contribution in [2.45, 2.75) is 25.4 Å². The lowest BCUT2D eigenvalue weighted by Crippen LogP contribution is -2.17. The molecule has 0 aliphatic rings. The van der Waals surface area contributed by atoms with E-state index in [0.29, 0.717) is 30.8 Å². The minimum absolute atomic E-state index is 0.0843. The molecule has 0 bridgehead atoms. The second-order valence-electron chi connectivity index (χ2n) is 4.43. The van der Waals surface area contributed by atoms with Gasteiger partial charge in [-0.15, -0.1) is 0 Å². The lowest BCUT2D eigenvalue weighted by Gasteiger charge is -2.13. The van der Waals surface area contributed by atoms with Crippen molar-refractivity contribution in [2.24, 2.45) is 0 Å². The topological polar surface area (TPSA) is 66.0 Å². The molecule has 0 atom stereocenters. The van der Waals surface area contributed by atoms with Gasteiger partial charge in [-0.25, -0.2) is 0 Å². The molecule has 9 heteroatoms. The highest BCUT2D eigenvalue weighted by Gasteiger charge is 2.25. The van der Waals surface area contributed by atoms with Gasteiger partial charge in [-0.3, -0.25) is 0 Å². The smallest absolute Gasteiger partial charge is 0.357 e. The van der Waals surface area contributed by atoms with Crippen LogP contribution < -0.4 is 15.5 Å². The second kappa shape index (κ2) is 7.11. The molecule has 0 fully saturated rings. The summed E-state index contributed by atoms with van der Waals surface area (Å²) in [5.74, 6) is 1.23. The molecule has 0 amide bonds. The van der Waals surface area contributed by atoms with Crippen molar-refractivity contribution in [1.29, 1.82) is 0 Å². The van der Waals surface area contributed by atoms with Crippen LogP contribution in [0.2, 0.25) is 0 Å². The first-order valence-corrected chi connectivity index (χ1v) is 6.23. The van der Waals surface area contributed by atoms with Gasteiger partial charge in [0.05, 0.1) is 0 Å². The third kappa shape index (κ3) is 5.89. The Labute approximate surface area is 115 Å². The molecule has 0 radical (unpaired) electrons. The molecule has 6 nitrogen and oxygen atoms in total. The van der Waals surface area contributed by atoms with E-state index in [4.69, 9.17) is 0 Å². The van der Waals surface area contributed by atoms with Gasteiger partial charge in [0, 0.05) is 34.1 Å². The van der Waals surface area contributed by atoms with Crippen molar-refractivity contribution in [3.63, 3.8) is 0 Å². The van der Waals surface area contributed by atoms with E-state index in [-0.39, 0.29) is 6.42 Å². The molecule has 1 aromatic heterocycles. The number of unbranched alkanes of at least 4 members (excludes halogenated alkanes) is 1. The molecule has 0 saturated heterocycles. The summed E-state index contributed by atoms with van der Waals surface area (Å²) in [6.45, 7) is 0.385. The van der Waals surface area contributed by atoms with Crippen LogP contribution in [0, 0.1) is 0 Å². The van der Waals surface area contributed by atoms with E-state index in [1.807, 2.05) is 0 Å². The summed E-state index contributed by atoms with van der Waals surface area (Å²) in [5, 5.41) is 5.71. The van der Waals surface area contributed by atoms with Crippen LogP contribution in [0.4, 0.5) is 31.0 Å². The van der Waals surface area contributed by atoms with Gasteiger partial charge in [0.2, 0.25) is 17.8 Å². The third-order valence-corrected chi connectivity index (χ3v) is 2.42. The first-order chi connectivity index (χ1) is 9.31. The van der Waals surface area contributed by atoms with Gasteiger partial charge < -0.3 is 15.5 Å². The number of anilines is 3. The molecule has 0 unspecified atom stereocenters. The molecule has 0 saturated carbocycles. The van der Waals surface area contributed by atoms with Gasteiger partial charge in [-0.1, -0.05) is 0 Å². The van der Waals surface area contributed by atoms with Crippen molar-refractivity contribution in [3.8, 4) is 0 Å². The maximum Gasteiger partial charge on any atom is 0.389 e. The number of nitrogens with one attached hydrogen (secondary N) is 2. The Kier molecular flexibility index (Phi) is 5.78. The van der Waals surface area contributed by atoms with Crippen molar-refractivity contribution in [3.05, 3.63) is 0 Å². The summed E-state index contributed by atoms with van der Waals surface area (Å²) in [6.07, 6.45) is -4.38. The highest BCUT2D eigenvalue weighted by atomic mass is 19.4. The minimum atomic E-state index is -4.09. The molecule has 1 rings (SSSR count). The van der Waals surface area contributed by atoms with Gasteiger partial charge in [-0.2, -0.15) is 28.1 Å². The largest absolute Gasteiger partial charge is 0.389 e. The summed E-state index contributed by atoms with van der Waals surface area (Å²) >= 11 is 0. The highest BCUT2D eigenvalue weighted by Crippen LogP contribution is 2.22. The first kappa shape index (κ1) is 16.3. The average Bonchev–Trinajstić information content (AvgIpc) is 2.36. The Hall–Kier alpha value is -1.80. The Morgan fingerprint density at radius 2 is 1.70 bits per heavy atom. The predicted octanol–water partition coefficient (Wildman–Crippen LogP) is 2.12. The fourth-order valence-corrected chi connectivity index (χ4v) is 1.41. The molecule has 0 aliphatic carbocycles. The lowest BCUT2D eigenvalue weighted by molar-refractivity contribution is -0.135. The Morgan fingerprint density at radius 1 is 1.05 bits per heavy atom. The number of rotatable bonds is 7. The average molecular weight is 292 g/mol. The quantitative estimate of drug-likeness (QED) is 0.751. The van der Waals surface area contributed by atoms with Gasteiger partial charge >= 0.3 is 6.18 Å². The van der Waals surface area contributed by atoms with Gasteiger partial charge in [-0.05, 0) is 12.8 Å². The van der Waals surface area contributed by atoms with Crippen molar-refractivity contribution >= 4 is 17.8 Å². The number of hydrogen-bond donors (Lipinski definition) is 2. The van der Waals surface area contributed by atoms with Crippen LogP contribution in [0.3, 0.4) is 0 Å². The zero-order valence-electron chi connectivity index (χ0n) is 11.8. The molecule has 20 heavy (non-hydrogen) atoms. The number of nitrogens with zero attached hydrogens (tertiary/aromatic N) is 4. The Bertz CT molecular complexity index is 421. The van der Waals surface area contributed by atoms with E-state index < -0.39 is 12.6 Å². The van der Waals surface area contributed by atoms with Gasteiger partial charge in [0.15, 0.2) is 0 Å². The first-order valence-electron chi connectivity index (χ1n) is 6.23. The fraction of sp³-hybridized carbons (Fsp3) is 0.727. The predicted molar refractivity (Wildman–Crippen MR) is 72.1 cm³/mol. The maximum atomic E-state index is 12.0. The molecule has 0 spiro atoms. The SMILES string of the molecule is CNc1nc(NCCCCC(F)(F)F)nc(N(C)C)n1. The maximum absolute atomic E-state index is 12.0. The number of hydrogen-bond acceptors (Lipinski definition) is 6. The van der Waals surface area contributed by atoms with Crippen LogP contribution in [0.5, 0.6) is 0 Å². The van der Waals surface area contributed by atoms with Crippen LogP contribution in [-0.4, -0.2) is 48.8 Å². The standard InChI is InChI=1S/C11H19F3N6/c1-15-8-17-9(19-10(18-8)20(2)3)16-7-5-4-6-11(12,13)14/h4-7H2,1-3H3,(H2,15,16,17,18,19). The normalized spacial score (nSPS) is 11.3. The van der Waals surface area contributed by atoms with E-state index in [0.717, 1.165) is 0 Å². The number of halogens is 3. The van der Waals surface area contributed by atoms with Crippen molar-refractivity contribution < 1.29 is 13.2 Å². The van der Waals surface area contributed by atoms with Crippen LogP contribution in [0.25, 0.3) is 0 Å². The van der Waals surface area contributed by atoms with E-state index in [9.17, 15) is 13.2 Å². The Balaban J connectivity index is 2.49. The third-order valence-electron chi connectivity index (χ3n) is 2.42. The number of alkyl halides is 3. The van der Waals surface area contributed by atoms with Crippen molar-refractivity contribution in [2.75, 3.05) is 43.2 Å². The summed E-state index contributed by atoms with van der Waals surface area (Å²) in [5.41, 5.74) is 0. The molecular weight excluding hydrogens is 273 g/mol. The molecule has 114 valence electrons. The summed E-state index contributed by atoms with van der Waals surface area (Å²) < 4.78 is 35.9. The Morgan fingerprint density at radius 3 is 2.25 bits per heavy atom. The zero-order valence-corrected chi connectivity index (χ0v) is 11.8. The molecule has 1 aromatic rings. The zero-order chi connectivity index (χ0) is 15.2. The van der Waals surface area contributed by atoms with Gasteiger partial charge in [0.25, 0.3) is 0 Å². The fourth-order valence-electron chi connectivity index (χ4n) is 1.41. The van der Waals surface area contributed by atoms with Crippen LogP contribution in [0.15, 0.2) is 0 Å². The molecule has 1 heterocycles. The van der Waals surface area contributed by atoms with Gasteiger partial charge in [0.1, 0.15) is 0 Å². The highest BCUT2D eigenvalue weighted by molar-refractivity contribution is 5.42. The summed E-state index contributed by atoms with van der Waals surface area (Å²) in [6, 6.07) is 0. The molecular formula is C11H19F3N6. The minimum Gasteiger partial charge on any atom is -0.357 e. The second-order valence-corrected chi connectivity index (χ2v) is 4.43. The van der Waals surface area contributed by atoms with E-state index >= 15 is 0 Å². The lowest BCUT2D eigenvalue weighted by atomic mass is 10.2. The monoisotopic (exact) mass is 292 g/mol. The summed E-state index contributed by atoms with van der Waals surface area (Å²) in [4.78, 5) is 14.1. The molecule has 0 aliphatic heterocycles. The van der Waals surface area contributed by atoms with E-state index in [1.165, 1.54) is 0 Å². The van der Waals surface area contributed by atoms with Crippen molar-refractivity contribution in [1.82, 2.24) is 15.0 Å².